The van der Waals surface area contributed by atoms with Gasteiger partial charge in [-0.3, -0.25) is 14.6 Å². The Morgan fingerprint density at radius 2 is 1.76 bits per heavy atom. The normalized spacial score (nSPS) is 20.1. The molecule has 2 heterocycles. The summed E-state index contributed by atoms with van der Waals surface area (Å²) in [5, 5.41) is 18.1. The summed E-state index contributed by atoms with van der Waals surface area (Å²) in [5.41, 5.74) is 1.16. The van der Waals surface area contributed by atoms with Gasteiger partial charge in [0.2, 0.25) is 0 Å². The summed E-state index contributed by atoms with van der Waals surface area (Å²) in [6.07, 6.45) is 1.86. The number of fused-ring (bicyclic) bond motifs is 1. The highest BCUT2D eigenvalue weighted by Crippen LogP contribution is 2.41. The molecule has 0 aromatic heterocycles. The van der Waals surface area contributed by atoms with Crippen molar-refractivity contribution >= 4 is 46.5 Å². The molecule has 38 heavy (non-hydrogen) atoms. The molecular formula is C29H30Cl2N4O3. The minimum absolute atomic E-state index is 0.205. The second kappa shape index (κ2) is 10.9. The Hall–Kier alpha value is -3.10. The molecule has 2 aliphatic rings. The minimum atomic E-state index is -2.28. The Kier molecular flexibility index (Phi) is 7.63. The van der Waals surface area contributed by atoms with Crippen LogP contribution in [0.15, 0.2) is 66.7 Å². The highest BCUT2D eigenvalue weighted by atomic mass is 35.5. The first-order valence-corrected chi connectivity index (χ1v) is 13.5. The number of nitrogens with one attached hydrogen (secondary N) is 2. The SMILES string of the molecule is Cc1ccc(CN2CCC(CNC(=O)[C@]3(O)c4ccccc4NC(=O)N3c3ccc(Cl)c(Cl)c3)CC2)cc1. The average Bonchev–Trinajstić information content (AvgIpc) is 2.91. The third kappa shape index (κ3) is 5.24. The number of nitrogens with zero attached hydrogens (tertiary/aromatic N) is 2. The molecule has 0 bridgehead atoms. The van der Waals surface area contributed by atoms with E-state index in [0.717, 1.165) is 37.4 Å². The first kappa shape index (κ1) is 26.5. The number of halogens is 2. The van der Waals surface area contributed by atoms with Crippen molar-refractivity contribution in [3.05, 3.63) is 93.5 Å². The van der Waals surface area contributed by atoms with E-state index in [-0.39, 0.29) is 22.2 Å². The van der Waals surface area contributed by atoms with Crippen LogP contribution in [0.2, 0.25) is 10.0 Å². The van der Waals surface area contributed by atoms with Gasteiger partial charge in [0.1, 0.15) is 0 Å². The summed E-state index contributed by atoms with van der Waals surface area (Å²) < 4.78 is 0. The number of likely N-dealkylation sites (tertiary alicyclic amines) is 1. The first-order valence-electron chi connectivity index (χ1n) is 12.7. The van der Waals surface area contributed by atoms with E-state index in [1.807, 2.05) is 0 Å². The number of aliphatic hydroxyl groups is 1. The number of rotatable bonds is 6. The van der Waals surface area contributed by atoms with E-state index in [2.05, 4.69) is 46.7 Å². The van der Waals surface area contributed by atoms with E-state index in [9.17, 15) is 14.7 Å². The Morgan fingerprint density at radius 3 is 2.47 bits per heavy atom. The molecule has 3 amide bonds. The van der Waals surface area contributed by atoms with E-state index in [0.29, 0.717) is 17.3 Å². The lowest BCUT2D eigenvalue weighted by molar-refractivity contribution is -0.140. The molecule has 0 spiro atoms. The Morgan fingerprint density at radius 1 is 1.05 bits per heavy atom. The highest BCUT2D eigenvalue weighted by Gasteiger charge is 2.52. The summed E-state index contributed by atoms with van der Waals surface area (Å²) in [4.78, 5) is 30.3. The molecule has 5 rings (SSSR count). The average molecular weight is 553 g/mol. The third-order valence-electron chi connectivity index (χ3n) is 7.33. The topological polar surface area (TPSA) is 84.9 Å². The summed E-state index contributed by atoms with van der Waals surface area (Å²) in [7, 11) is 0. The second-order valence-corrected chi connectivity index (χ2v) is 10.8. The van der Waals surface area contributed by atoms with Crippen LogP contribution in [-0.4, -0.2) is 41.6 Å². The first-order chi connectivity index (χ1) is 18.3. The highest BCUT2D eigenvalue weighted by molar-refractivity contribution is 6.42. The van der Waals surface area contributed by atoms with Crippen molar-refractivity contribution in [1.82, 2.24) is 10.2 Å². The van der Waals surface area contributed by atoms with Gasteiger partial charge >= 0.3 is 6.03 Å². The molecule has 0 unspecified atom stereocenters. The molecule has 198 valence electrons. The lowest BCUT2D eigenvalue weighted by Crippen LogP contribution is -2.63. The molecule has 3 aromatic rings. The fraction of sp³-hybridized carbons (Fsp3) is 0.310. The van der Waals surface area contributed by atoms with Crippen molar-refractivity contribution in [3.63, 3.8) is 0 Å². The monoisotopic (exact) mass is 552 g/mol. The molecule has 1 fully saturated rings. The number of piperidine rings is 1. The van der Waals surface area contributed by atoms with Crippen LogP contribution in [0.3, 0.4) is 0 Å². The molecule has 9 heteroatoms. The molecule has 1 saturated heterocycles. The van der Waals surface area contributed by atoms with Crippen molar-refractivity contribution < 1.29 is 14.7 Å². The quantitative estimate of drug-likeness (QED) is 0.375. The smallest absolute Gasteiger partial charge is 0.329 e. The molecule has 3 aromatic carbocycles. The largest absolute Gasteiger partial charge is 0.359 e. The Labute approximate surface area is 232 Å². The Bertz CT molecular complexity index is 1340. The summed E-state index contributed by atoms with van der Waals surface area (Å²) in [6, 6.07) is 19.2. The number of hydrogen-bond donors (Lipinski definition) is 3. The van der Waals surface area contributed by atoms with Crippen molar-refractivity contribution in [3.8, 4) is 0 Å². The summed E-state index contributed by atoms with van der Waals surface area (Å²) >= 11 is 12.3. The zero-order valence-corrected chi connectivity index (χ0v) is 22.6. The number of amides is 3. The van der Waals surface area contributed by atoms with Gasteiger partial charge < -0.3 is 15.7 Å². The van der Waals surface area contributed by atoms with E-state index in [1.54, 1.807) is 30.3 Å². The predicted octanol–water partition coefficient (Wildman–Crippen LogP) is 5.53. The van der Waals surface area contributed by atoms with Gasteiger partial charge in [0, 0.05) is 18.7 Å². The number of carbonyl (C=O) groups excluding carboxylic acids is 2. The van der Waals surface area contributed by atoms with Crippen molar-refractivity contribution in [1.29, 1.82) is 0 Å². The third-order valence-corrected chi connectivity index (χ3v) is 8.07. The number of aryl methyl sites for hydroxylation is 1. The Balaban J connectivity index is 1.30. The zero-order chi connectivity index (χ0) is 26.9. The van der Waals surface area contributed by atoms with Crippen LogP contribution in [0.4, 0.5) is 16.2 Å². The van der Waals surface area contributed by atoms with E-state index in [1.165, 1.54) is 23.3 Å². The fourth-order valence-electron chi connectivity index (χ4n) is 5.15. The van der Waals surface area contributed by atoms with Crippen LogP contribution in [0, 0.1) is 12.8 Å². The second-order valence-electron chi connectivity index (χ2n) is 10.00. The molecule has 0 saturated carbocycles. The molecule has 2 aliphatic heterocycles. The molecule has 7 nitrogen and oxygen atoms in total. The van der Waals surface area contributed by atoms with Crippen molar-refractivity contribution in [2.75, 3.05) is 29.9 Å². The summed E-state index contributed by atoms with van der Waals surface area (Å²) in [6.45, 7) is 5.25. The minimum Gasteiger partial charge on any atom is -0.359 e. The molecular weight excluding hydrogens is 523 g/mol. The number of para-hydroxylation sites is 1. The van der Waals surface area contributed by atoms with E-state index >= 15 is 0 Å². The molecule has 3 N–H and O–H groups in total. The van der Waals surface area contributed by atoms with Gasteiger partial charge in [-0.2, -0.15) is 0 Å². The van der Waals surface area contributed by atoms with Crippen LogP contribution < -0.4 is 15.5 Å². The number of benzene rings is 3. The fourth-order valence-corrected chi connectivity index (χ4v) is 5.44. The maximum absolute atomic E-state index is 13.7. The zero-order valence-electron chi connectivity index (χ0n) is 21.1. The maximum atomic E-state index is 13.7. The van der Waals surface area contributed by atoms with E-state index < -0.39 is 17.7 Å². The van der Waals surface area contributed by atoms with Crippen LogP contribution in [0.5, 0.6) is 0 Å². The maximum Gasteiger partial charge on any atom is 0.329 e. The van der Waals surface area contributed by atoms with Crippen LogP contribution in [0.1, 0.15) is 29.5 Å². The molecule has 0 radical (unpaired) electrons. The summed E-state index contributed by atoms with van der Waals surface area (Å²) in [5.74, 6) is -0.407. The van der Waals surface area contributed by atoms with E-state index in [4.69, 9.17) is 23.2 Å². The lowest BCUT2D eigenvalue weighted by Gasteiger charge is -2.43. The van der Waals surface area contributed by atoms with Crippen LogP contribution >= 0.6 is 23.2 Å². The number of urea groups is 1. The van der Waals surface area contributed by atoms with Gasteiger partial charge in [0.25, 0.3) is 11.6 Å². The standard InChI is InChI=1S/C29H30Cl2N4O3/c1-19-6-8-21(9-7-19)18-34-14-12-20(13-15-34)17-32-27(36)29(38)23-4-2-3-5-26(23)33-28(37)35(29)22-10-11-24(30)25(31)16-22/h2-11,16,20,38H,12-15,17-18H2,1H3,(H,32,36)(H,33,37)/t29-/m1/s1. The van der Waals surface area contributed by atoms with Crippen molar-refractivity contribution in [2.45, 2.75) is 32.0 Å². The predicted molar refractivity (Wildman–Crippen MR) is 150 cm³/mol. The van der Waals surface area contributed by atoms with Crippen molar-refractivity contribution in [2.24, 2.45) is 5.92 Å². The molecule has 0 aliphatic carbocycles. The molecule has 1 atom stereocenters. The van der Waals surface area contributed by atoms with Gasteiger partial charge in [0.05, 0.1) is 21.4 Å². The number of hydrogen-bond acceptors (Lipinski definition) is 4. The van der Waals surface area contributed by atoms with Gasteiger partial charge in [-0.05, 0) is 68.6 Å². The van der Waals surface area contributed by atoms with Crippen LogP contribution in [-0.2, 0) is 17.1 Å². The number of carbonyl (C=O) groups is 2. The van der Waals surface area contributed by atoms with Gasteiger partial charge in [0.15, 0.2) is 0 Å². The lowest BCUT2D eigenvalue weighted by atomic mass is 9.93. The van der Waals surface area contributed by atoms with Crippen LogP contribution in [0.25, 0.3) is 0 Å². The van der Waals surface area contributed by atoms with Gasteiger partial charge in [-0.1, -0.05) is 71.2 Å². The number of anilines is 2. The van der Waals surface area contributed by atoms with Gasteiger partial charge in [-0.25, -0.2) is 4.79 Å². The van der Waals surface area contributed by atoms with Gasteiger partial charge in [-0.15, -0.1) is 0 Å².